The molecule has 4 nitrogen and oxygen atoms in total. The fraction of sp³-hybridized carbons (Fsp3) is 0.429. The van der Waals surface area contributed by atoms with Gasteiger partial charge in [-0.15, -0.1) is 0 Å². The van der Waals surface area contributed by atoms with E-state index in [1.54, 1.807) is 24.3 Å². The first kappa shape index (κ1) is 14.0. The molecule has 1 heterocycles. The van der Waals surface area contributed by atoms with Crippen LogP contribution in [0.2, 0.25) is 5.02 Å². The highest BCUT2D eigenvalue weighted by Gasteiger charge is 2.41. The van der Waals surface area contributed by atoms with Gasteiger partial charge in [-0.3, -0.25) is 14.5 Å². The maximum Gasteiger partial charge on any atom is 0.251 e. The van der Waals surface area contributed by atoms with Crippen LogP contribution in [0.1, 0.15) is 20.3 Å². The number of carbonyl (C=O) groups excluding carboxylic acids is 2. The summed E-state index contributed by atoms with van der Waals surface area (Å²) < 4.78 is 0. The molecule has 1 aliphatic rings. The lowest BCUT2D eigenvalue weighted by molar-refractivity contribution is -0.122. The molecule has 1 aromatic rings. The van der Waals surface area contributed by atoms with E-state index in [0.29, 0.717) is 10.7 Å². The van der Waals surface area contributed by atoms with Crippen LogP contribution in [-0.2, 0) is 9.59 Å². The minimum Gasteiger partial charge on any atom is -0.292 e. The molecule has 1 atom stereocenters. The summed E-state index contributed by atoms with van der Waals surface area (Å²) in [5.74, 6) is -0.291. The van der Waals surface area contributed by atoms with Gasteiger partial charge in [0.05, 0.1) is 18.2 Å². The van der Waals surface area contributed by atoms with Gasteiger partial charge in [-0.1, -0.05) is 25.4 Å². The molecule has 1 saturated heterocycles. The minimum atomic E-state index is -0.335. The average molecular weight is 281 g/mol. The van der Waals surface area contributed by atoms with E-state index in [9.17, 15) is 9.59 Å². The molecule has 0 aliphatic carbocycles. The fourth-order valence-corrected chi connectivity index (χ4v) is 2.55. The summed E-state index contributed by atoms with van der Waals surface area (Å²) in [5, 5.41) is 0.586. The number of carbonyl (C=O) groups is 2. The molecule has 1 fully saturated rings. The van der Waals surface area contributed by atoms with E-state index in [0.717, 1.165) is 13.1 Å². The number of imide groups is 1. The molecule has 0 aromatic heterocycles. The SMILES string of the molecule is CCN(CC)C1CC(=O)N(c2ccc(Cl)cc2)C1=O. The standard InChI is InChI=1S/C14H17ClN2O2/c1-3-16(4-2)12-9-13(18)17(14(12)19)11-7-5-10(15)6-8-11/h5-8,12H,3-4,9H2,1-2H3. The van der Waals surface area contributed by atoms with Gasteiger partial charge in [0, 0.05) is 5.02 Å². The van der Waals surface area contributed by atoms with Gasteiger partial charge >= 0.3 is 0 Å². The Morgan fingerprint density at radius 3 is 2.32 bits per heavy atom. The van der Waals surface area contributed by atoms with Crippen molar-refractivity contribution in [3.8, 4) is 0 Å². The zero-order valence-corrected chi connectivity index (χ0v) is 11.9. The van der Waals surface area contributed by atoms with Crippen molar-refractivity contribution in [1.82, 2.24) is 4.90 Å². The van der Waals surface area contributed by atoms with E-state index in [4.69, 9.17) is 11.6 Å². The van der Waals surface area contributed by atoms with Gasteiger partial charge in [-0.25, -0.2) is 4.90 Å². The zero-order chi connectivity index (χ0) is 14.0. The molecule has 0 radical (unpaired) electrons. The van der Waals surface area contributed by atoms with Crippen molar-refractivity contribution in [2.75, 3.05) is 18.0 Å². The van der Waals surface area contributed by atoms with Crippen LogP contribution in [0, 0.1) is 0 Å². The summed E-state index contributed by atoms with van der Waals surface area (Å²) >= 11 is 5.82. The van der Waals surface area contributed by atoms with Crippen LogP contribution in [0.5, 0.6) is 0 Å². The number of amides is 2. The predicted octanol–water partition coefficient (Wildman–Crippen LogP) is 2.31. The molecule has 0 N–H and O–H groups in total. The summed E-state index contributed by atoms with van der Waals surface area (Å²) in [5.41, 5.74) is 0.592. The van der Waals surface area contributed by atoms with Gasteiger partial charge < -0.3 is 0 Å². The third-order valence-electron chi connectivity index (χ3n) is 3.46. The minimum absolute atomic E-state index is 0.143. The molecule has 0 spiro atoms. The number of rotatable bonds is 4. The van der Waals surface area contributed by atoms with Crippen molar-refractivity contribution < 1.29 is 9.59 Å². The van der Waals surface area contributed by atoms with Gasteiger partial charge in [0.2, 0.25) is 5.91 Å². The number of nitrogens with zero attached hydrogens (tertiary/aromatic N) is 2. The number of hydrogen-bond acceptors (Lipinski definition) is 3. The van der Waals surface area contributed by atoms with Crippen molar-refractivity contribution in [1.29, 1.82) is 0 Å². The zero-order valence-electron chi connectivity index (χ0n) is 11.1. The second-order valence-corrected chi connectivity index (χ2v) is 4.92. The molecule has 0 bridgehead atoms. The Labute approximate surface area is 117 Å². The Morgan fingerprint density at radius 1 is 1.21 bits per heavy atom. The molecule has 5 heteroatoms. The van der Waals surface area contributed by atoms with Crippen LogP contribution in [0.25, 0.3) is 0 Å². The normalized spacial score (nSPS) is 19.6. The number of hydrogen-bond donors (Lipinski definition) is 0. The largest absolute Gasteiger partial charge is 0.292 e. The van der Waals surface area contributed by atoms with Crippen molar-refractivity contribution in [2.24, 2.45) is 0 Å². The van der Waals surface area contributed by atoms with Gasteiger partial charge in [0.15, 0.2) is 0 Å². The van der Waals surface area contributed by atoms with Crippen LogP contribution in [0.4, 0.5) is 5.69 Å². The second-order valence-electron chi connectivity index (χ2n) is 4.48. The van der Waals surface area contributed by atoms with Crippen molar-refractivity contribution in [3.05, 3.63) is 29.3 Å². The molecule has 1 aliphatic heterocycles. The lowest BCUT2D eigenvalue weighted by atomic mass is 10.2. The third kappa shape index (κ3) is 2.65. The third-order valence-corrected chi connectivity index (χ3v) is 3.71. The van der Waals surface area contributed by atoms with Crippen molar-refractivity contribution in [2.45, 2.75) is 26.3 Å². The van der Waals surface area contributed by atoms with Gasteiger partial charge in [0.1, 0.15) is 0 Å². The monoisotopic (exact) mass is 280 g/mol. The van der Waals surface area contributed by atoms with Crippen molar-refractivity contribution >= 4 is 29.1 Å². The summed E-state index contributed by atoms with van der Waals surface area (Å²) in [6.45, 7) is 5.50. The van der Waals surface area contributed by atoms with Crippen molar-refractivity contribution in [3.63, 3.8) is 0 Å². The van der Waals surface area contributed by atoms with Crippen LogP contribution in [0.15, 0.2) is 24.3 Å². The van der Waals surface area contributed by atoms with Crippen LogP contribution in [-0.4, -0.2) is 35.8 Å². The highest BCUT2D eigenvalue weighted by Crippen LogP contribution is 2.26. The number of halogens is 1. The quantitative estimate of drug-likeness (QED) is 0.795. The first-order chi connectivity index (χ1) is 9.08. The van der Waals surface area contributed by atoms with E-state index in [1.165, 1.54) is 4.90 Å². The Kier molecular flexibility index (Phi) is 4.22. The van der Waals surface area contributed by atoms with E-state index in [2.05, 4.69) is 0 Å². The number of benzene rings is 1. The summed E-state index contributed by atoms with van der Waals surface area (Å²) in [6, 6.07) is 6.42. The second kappa shape index (κ2) is 5.72. The highest BCUT2D eigenvalue weighted by molar-refractivity contribution is 6.30. The molecular weight excluding hydrogens is 264 g/mol. The maximum atomic E-state index is 12.4. The lowest BCUT2D eigenvalue weighted by Crippen LogP contribution is -2.41. The Hall–Kier alpha value is -1.39. The Morgan fingerprint density at radius 2 is 1.79 bits per heavy atom. The van der Waals surface area contributed by atoms with Crippen LogP contribution in [0.3, 0.4) is 0 Å². The molecule has 0 saturated carbocycles. The van der Waals surface area contributed by atoms with E-state index >= 15 is 0 Å². The fourth-order valence-electron chi connectivity index (χ4n) is 2.43. The first-order valence-corrected chi connectivity index (χ1v) is 6.82. The highest BCUT2D eigenvalue weighted by atomic mass is 35.5. The van der Waals surface area contributed by atoms with Crippen LogP contribution < -0.4 is 4.90 Å². The first-order valence-electron chi connectivity index (χ1n) is 6.44. The molecule has 19 heavy (non-hydrogen) atoms. The molecule has 2 rings (SSSR count). The topological polar surface area (TPSA) is 40.6 Å². The number of anilines is 1. The molecule has 102 valence electrons. The summed E-state index contributed by atoms with van der Waals surface area (Å²) in [6.07, 6.45) is 0.253. The summed E-state index contributed by atoms with van der Waals surface area (Å²) in [7, 11) is 0. The van der Waals surface area contributed by atoms with E-state index in [-0.39, 0.29) is 24.3 Å². The Balaban J connectivity index is 2.26. The molecular formula is C14H17ClN2O2. The Bertz CT molecular complexity index is 483. The number of likely N-dealkylation sites (N-methyl/N-ethyl adjacent to an activating group) is 1. The average Bonchev–Trinajstić information content (AvgIpc) is 2.68. The van der Waals surface area contributed by atoms with E-state index in [1.807, 2.05) is 18.7 Å². The predicted molar refractivity (Wildman–Crippen MR) is 75.3 cm³/mol. The van der Waals surface area contributed by atoms with Gasteiger partial charge in [-0.05, 0) is 37.4 Å². The smallest absolute Gasteiger partial charge is 0.251 e. The van der Waals surface area contributed by atoms with Crippen LogP contribution >= 0.6 is 11.6 Å². The molecule has 1 aromatic carbocycles. The van der Waals surface area contributed by atoms with Gasteiger partial charge in [-0.2, -0.15) is 0 Å². The maximum absolute atomic E-state index is 12.4. The van der Waals surface area contributed by atoms with Gasteiger partial charge in [0.25, 0.3) is 5.91 Å². The van der Waals surface area contributed by atoms with E-state index < -0.39 is 0 Å². The molecule has 2 amide bonds. The lowest BCUT2D eigenvalue weighted by Gasteiger charge is -2.24. The summed E-state index contributed by atoms with van der Waals surface area (Å²) in [4.78, 5) is 27.7. The molecule has 1 unspecified atom stereocenters.